The highest BCUT2D eigenvalue weighted by Gasteiger charge is 2.42. The van der Waals surface area contributed by atoms with Crippen molar-refractivity contribution < 1.29 is 14.6 Å². The molecular formula is C23H24ClN3O3. The van der Waals surface area contributed by atoms with Gasteiger partial charge in [-0.25, -0.2) is 0 Å². The van der Waals surface area contributed by atoms with E-state index in [1.807, 2.05) is 49.1 Å². The maximum absolute atomic E-state index is 13.2. The van der Waals surface area contributed by atoms with Gasteiger partial charge in [-0.1, -0.05) is 29.8 Å². The second kappa shape index (κ2) is 8.13. The Morgan fingerprint density at radius 2 is 2.07 bits per heavy atom. The van der Waals surface area contributed by atoms with Crippen LogP contribution in [0.2, 0.25) is 5.02 Å². The predicted molar refractivity (Wildman–Crippen MR) is 116 cm³/mol. The molecule has 0 radical (unpaired) electrons. The molecule has 0 bridgehead atoms. The number of aromatic hydroxyl groups is 1. The zero-order valence-corrected chi connectivity index (χ0v) is 18.0. The first kappa shape index (κ1) is 20.4. The SMILES string of the molecule is COCCCN1C(=O)c2[nH]nc(-c3c(C)cc(C)cc3O)c2C1c1cccc(Cl)c1. The van der Waals surface area contributed by atoms with E-state index in [-0.39, 0.29) is 17.7 Å². The number of nitrogens with zero attached hydrogens (tertiary/aromatic N) is 2. The average Bonchev–Trinajstić information content (AvgIpc) is 3.21. The number of aromatic amines is 1. The second-order valence-corrected chi connectivity index (χ2v) is 8.08. The van der Waals surface area contributed by atoms with Crippen LogP contribution >= 0.6 is 11.6 Å². The van der Waals surface area contributed by atoms with Crippen LogP contribution in [0.1, 0.15) is 45.2 Å². The van der Waals surface area contributed by atoms with Gasteiger partial charge in [0.2, 0.25) is 0 Å². The van der Waals surface area contributed by atoms with Gasteiger partial charge in [-0.05, 0) is 55.2 Å². The van der Waals surface area contributed by atoms with Gasteiger partial charge in [-0.3, -0.25) is 9.89 Å². The van der Waals surface area contributed by atoms with Crippen LogP contribution in [0.25, 0.3) is 11.3 Å². The smallest absolute Gasteiger partial charge is 0.273 e. The topological polar surface area (TPSA) is 78.5 Å². The summed E-state index contributed by atoms with van der Waals surface area (Å²) < 4.78 is 5.18. The van der Waals surface area contributed by atoms with Gasteiger partial charge in [0.1, 0.15) is 17.1 Å². The van der Waals surface area contributed by atoms with Crippen LogP contribution in [0.5, 0.6) is 5.75 Å². The van der Waals surface area contributed by atoms with Crippen molar-refractivity contribution in [2.75, 3.05) is 20.3 Å². The molecule has 0 spiro atoms. The molecular weight excluding hydrogens is 402 g/mol. The highest BCUT2D eigenvalue weighted by molar-refractivity contribution is 6.30. The number of hydrogen-bond donors (Lipinski definition) is 2. The van der Waals surface area contributed by atoms with Gasteiger partial charge in [0, 0.05) is 36.4 Å². The molecule has 2 aromatic carbocycles. The van der Waals surface area contributed by atoms with E-state index in [1.165, 1.54) is 0 Å². The number of H-pyrrole nitrogens is 1. The Labute approximate surface area is 180 Å². The largest absolute Gasteiger partial charge is 0.507 e. The Bertz CT molecular complexity index is 1090. The van der Waals surface area contributed by atoms with Crippen molar-refractivity contribution in [3.8, 4) is 17.0 Å². The number of benzene rings is 2. The van der Waals surface area contributed by atoms with Crippen molar-refractivity contribution in [1.82, 2.24) is 15.1 Å². The highest BCUT2D eigenvalue weighted by atomic mass is 35.5. The van der Waals surface area contributed by atoms with Crippen molar-refractivity contribution in [1.29, 1.82) is 0 Å². The second-order valence-electron chi connectivity index (χ2n) is 7.64. The van der Waals surface area contributed by atoms with Crippen LogP contribution in [0.15, 0.2) is 36.4 Å². The molecule has 2 N–H and O–H groups in total. The van der Waals surface area contributed by atoms with E-state index in [2.05, 4.69) is 10.2 Å². The lowest BCUT2D eigenvalue weighted by molar-refractivity contribution is 0.0723. The molecule has 1 aromatic heterocycles. The standard InChI is InChI=1S/C23H24ClN3O3/c1-13-10-14(2)18(17(28)11-13)20-19-21(26-25-20)23(29)27(8-5-9-30-3)22(19)15-6-4-7-16(24)12-15/h4,6-7,10-12,22,28H,5,8-9H2,1-3H3,(H,25,26). The lowest BCUT2D eigenvalue weighted by Gasteiger charge is -2.26. The van der Waals surface area contributed by atoms with Gasteiger partial charge in [0.25, 0.3) is 5.91 Å². The Balaban J connectivity index is 1.88. The molecule has 4 rings (SSSR count). The number of methoxy groups -OCH3 is 1. The molecule has 3 aromatic rings. The molecule has 1 aliphatic heterocycles. The van der Waals surface area contributed by atoms with Crippen LogP contribution in [-0.2, 0) is 4.74 Å². The summed E-state index contributed by atoms with van der Waals surface area (Å²) in [6.07, 6.45) is 0.709. The van der Waals surface area contributed by atoms with Gasteiger partial charge < -0.3 is 14.7 Å². The number of ether oxygens (including phenoxy) is 1. The number of halogens is 1. The fourth-order valence-electron chi connectivity index (χ4n) is 4.27. The van der Waals surface area contributed by atoms with Gasteiger partial charge >= 0.3 is 0 Å². The van der Waals surface area contributed by atoms with Gasteiger partial charge in [-0.15, -0.1) is 0 Å². The summed E-state index contributed by atoms with van der Waals surface area (Å²) >= 11 is 6.27. The van der Waals surface area contributed by atoms with Crippen molar-refractivity contribution in [2.24, 2.45) is 0 Å². The number of amides is 1. The molecule has 2 heterocycles. The van der Waals surface area contributed by atoms with Gasteiger partial charge in [0.15, 0.2) is 0 Å². The number of aromatic nitrogens is 2. The number of fused-ring (bicyclic) bond motifs is 1. The monoisotopic (exact) mass is 425 g/mol. The molecule has 156 valence electrons. The van der Waals surface area contributed by atoms with Crippen LogP contribution in [-0.4, -0.2) is 46.4 Å². The summed E-state index contributed by atoms with van der Waals surface area (Å²) in [4.78, 5) is 15.1. The van der Waals surface area contributed by atoms with E-state index >= 15 is 0 Å². The molecule has 0 saturated carbocycles. The van der Waals surface area contributed by atoms with Crippen molar-refractivity contribution in [2.45, 2.75) is 26.3 Å². The van der Waals surface area contributed by atoms with E-state index in [0.29, 0.717) is 41.5 Å². The summed E-state index contributed by atoms with van der Waals surface area (Å²) in [5.74, 6) is 0.0333. The summed E-state index contributed by atoms with van der Waals surface area (Å²) in [6.45, 7) is 4.96. The van der Waals surface area contributed by atoms with Crippen molar-refractivity contribution >= 4 is 17.5 Å². The fourth-order valence-corrected chi connectivity index (χ4v) is 4.47. The molecule has 1 atom stereocenters. The number of rotatable bonds is 6. The third-order valence-electron chi connectivity index (χ3n) is 5.47. The maximum Gasteiger partial charge on any atom is 0.273 e. The minimum Gasteiger partial charge on any atom is -0.507 e. The Kier molecular flexibility index (Phi) is 5.54. The molecule has 6 nitrogen and oxygen atoms in total. The first-order chi connectivity index (χ1) is 14.4. The minimum atomic E-state index is -0.350. The molecule has 1 amide bonds. The fraction of sp³-hybridized carbons (Fsp3) is 0.304. The Hall–Kier alpha value is -2.83. The number of hydrogen-bond acceptors (Lipinski definition) is 4. The lowest BCUT2D eigenvalue weighted by atomic mass is 9.93. The van der Waals surface area contributed by atoms with Gasteiger partial charge in [-0.2, -0.15) is 5.10 Å². The molecule has 0 fully saturated rings. The molecule has 1 unspecified atom stereocenters. The number of carbonyl (C=O) groups is 1. The number of phenolic OH excluding ortho intramolecular Hbond substituents is 1. The van der Waals surface area contributed by atoms with E-state index in [4.69, 9.17) is 16.3 Å². The minimum absolute atomic E-state index is 0.117. The number of aryl methyl sites for hydroxylation is 2. The normalized spacial score (nSPS) is 15.7. The number of nitrogens with one attached hydrogen (secondary N) is 1. The Morgan fingerprint density at radius 1 is 1.27 bits per heavy atom. The van der Waals surface area contributed by atoms with E-state index in [0.717, 1.165) is 22.3 Å². The Morgan fingerprint density at radius 3 is 2.77 bits per heavy atom. The molecule has 1 aliphatic rings. The van der Waals surface area contributed by atoms with E-state index < -0.39 is 0 Å². The number of phenols is 1. The zero-order chi connectivity index (χ0) is 21.4. The third-order valence-corrected chi connectivity index (χ3v) is 5.71. The predicted octanol–water partition coefficient (Wildman–Crippen LogP) is 4.63. The molecule has 0 aliphatic carbocycles. The van der Waals surface area contributed by atoms with Gasteiger partial charge in [0.05, 0.1) is 6.04 Å². The summed E-state index contributed by atoms with van der Waals surface area (Å²) in [7, 11) is 1.65. The van der Waals surface area contributed by atoms with Crippen LogP contribution in [0.3, 0.4) is 0 Å². The van der Waals surface area contributed by atoms with Crippen LogP contribution in [0.4, 0.5) is 0 Å². The van der Waals surface area contributed by atoms with Crippen molar-refractivity contribution in [3.05, 3.63) is 69.4 Å². The van der Waals surface area contributed by atoms with Crippen LogP contribution in [0, 0.1) is 13.8 Å². The first-order valence-corrected chi connectivity index (χ1v) is 10.2. The van der Waals surface area contributed by atoms with E-state index in [9.17, 15) is 9.90 Å². The van der Waals surface area contributed by atoms with Crippen LogP contribution < -0.4 is 0 Å². The molecule has 7 heteroatoms. The lowest BCUT2D eigenvalue weighted by Crippen LogP contribution is -2.31. The molecule has 0 saturated heterocycles. The third kappa shape index (κ3) is 3.46. The summed E-state index contributed by atoms with van der Waals surface area (Å²) in [5, 5.41) is 18.7. The summed E-state index contributed by atoms with van der Waals surface area (Å²) in [5.41, 5.74) is 5.21. The molecule has 30 heavy (non-hydrogen) atoms. The maximum atomic E-state index is 13.2. The highest BCUT2D eigenvalue weighted by Crippen LogP contribution is 2.45. The number of carbonyl (C=O) groups excluding carboxylic acids is 1. The quantitative estimate of drug-likeness (QED) is 0.564. The first-order valence-electron chi connectivity index (χ1n) is 9.86. The summed E-state index contributed by atoms with van der Waals surface area (Å²) in [6, 6.07) is 10.9. The van der Waals surface area contributed by atoms with E-state index in [1.54, 1.807) is 13.2 Å². The average molecular weight is 426 g/mol. The van der Waals surface area contributed by atoms with Crippen molar-refractivity contribution in [3.63, 3.8) is 0 Å². The zero-order valence-electron chi connectivity index (χ0n) is 17.2.